The molecule has 4 unspecified atom stereocenters. The van der Waals surface area contributed by atoms with E-state index >= 15 is 0 Å². The molecular formula is C20H28F2N2O3. The van der Waals surface area contributed by atoms with Crippen LogP contribution in [0.1, 0.15) is 39.2 Å². The number of nitrogens with zero attached hydrogens (tertiary/aromatic N) is 2. The van der Waals surface area contributed by atoms with Crippen LogP contribution < -0.4 is 0 Å². The number of likely N-dealkylation sites (tertiary alicyclic amines) is 1. The minimum Gasteiger partial charge on any atom is -0.444 e. The summed E-state index contributed by atoms with van der Waals surface area (Å²) in [4.78, 5) is 16.1. The molecule has 7 heteroatoms. The van der Waals surface area contributed by atoms with Crippen molar-refractivity contribution in [2.24, 2.45) is 0 Å². The summed E-state index contributed by atoms with van der Waals surface area (Å²) in [5.41, 5.74) is 0.364. The molecule has 150 valence electrons. The number of carbonyl (C=O) groups is 1. The Morgan fingerprint density at radius 1 is 1.26 bits per heavy atom. The number of aliphatic hydroxyl groups excluding tert-OH is 1. The molecule has 5 nitrogen and oxygen atoms in total. The summed E-state index contributed by atoms with van der Waals surface area (Å²) in [6, 6.07) is 8.59. The first-order valence-corrected chi connectivity index (χ1v) is 9.43. The van der Waals surface area contributed by atoms with Gasteiger partial charge in [-0.3, -0.25) is 9.80 Å². The van der Waals surface area contributed by atoms with Gasteiger partial charge in [-0.15, -0.1) is 0 Å². The number of amides is 1. The Kier molecular flexibility index (Phi) is 5.72. The predicted molar refractivity (Wildman–Crippen MR) is 97.5 cm³/mol. The van der Waals surface area contributed by atoms with E-state index in [1.54, 1.807) is 20.8 Å². The first-order valence-electron chi connectivity index (χ1n) is 9.43. The minimum atomic E-state index is -2.92. The molecule has 1 N–H and O–H groups in total. The van der Waals surface area contributed by atoms with Gasteiger partial charge in [-0.2, -0.15) is 0 Å². The van der Waals surface area contributed by atoms with Gasteiger partial charge in [-0.05, 0) is 39.2 Å². The first kappa shape index (κ1) is 20.0. The van der Waals surface area contributed by atoms with Crippen LogP contribution in [0.3, 0.4) is 0 Å². The molecule has 2 fully saturated rings. The predicted octanol–water partition coefficient (Wildman–Crippen LogP) is 3.26. The van der Waals surface area contributed by atoms with E-state index in [-0.39, 0.29) is 18.6 Å². The van der Waals surface area contributed by atoms with E-state index in [1.165, 1.54) is 4.90 Å². The third-order valence-corrected chi connectivity index (χ3v) is 5.30. The molecule has 2 aliphatic heterocycles. The van der Waals surface area contributed by atoms with Crippen LogP contribution in [0.15, 0.2) is 30.3 Å². The van der Waals surface area contributed by atoms with Gasteiger partial charge in [0.2, 0.25) is 0 Å². The van der Waals surface area contributed by atoms with Gasteiger partial charge in [0, 0.05) is 25.2 Å². The number of halogens is 2. The Morgan fingerprint density at radius 2 is 1.93 bits per heavy atom. The molecule has 2 aliphatic rings. The summed E-state index contributed by atoms with van der Waals surface area (Å²) in [7, 11) is 0. The molecule has 1 aromatic rings. The van der Waals surface area contributed by atoms with Crippen molar-refractivity contribution in [3.8, 4) is 0 Å². The van der Waals surface area contributed by atoms with Crippen LogP contribution in [-0.4, -0.2) is 63.8 Å². The molecule has 3 rings (SSSR count). The Morgan fingerprint density at radius 3 is 2.52 bits per heavy atom. The summed E-state index contributed by atoms with van der Waals surface area (Å²) in [6.45, 7) is 6.12. The molecule has 0 spiro atoms. The maximum absolute atomic E-state index is 13.4. The highest BCUT2D eigenvalue weighted by Gasteiger charge is 2.52. The van der Waals surface area contributed by atoms with Gasteiger partial charge in [0.1, 0.15) is 11.7 Å². The van der Waals surface area contributed by atoms with Crippen molar-refractivity contribution in [2.75, 3.05) is 6.54 Å². The summed E-state index contributed by atoms with van der Waals surface area (Å²) >= 11 is 0. The van der Waals surface area contributed by atoms with E-state index in [0.717, 1.165) is 12.0 Å². The number of piperazine rings is 1. The summed E-state index contributed by atoms with van der Waals surface area (Å²) in [5.74, 6) is 0. The summed E-state index contributed by atoms with van der Waals surface area (Å²) in [6.07, 6.45) is -3.98. The first-order chi connectivity index (χ1) is 12.7. The van der Waals surface area contributed by atoms with E-state index in [4.69, 9.17) is 4.74 Å². The van der Waals surface area contributed by atoms with Gasteiger partial charge >= 0.3 is 6.09 Å². The zero-order valence-electron chi connectivity index (χ0n) is 16.0. The highest BCUT2D eigenvalue weighted by atomic mass is 19.3. The second kappa shape index (κ2) is 7.72. The zero-order chi connectivity index (χ0) is 19.8. The van der Waals surface area contributed by atoms with E-state index in [1.807, 2.05) is 30.3 Å². The second-order valence-electron chi connectivity index (χ2n) is 8.40. The lowest BCUT2D eigenvalue weighted by molar-refractivity contribution is -0.102. The average Bonchev–Trinajstić information content (AvgIpc) is 2.85. The van der Waals surface area contributed by atoms with Crippen molar-refractivity contribution >= 4 is 6.09 Å². The Labute approximate surface area is 158 Å². The number of hydrogen-bond donors (Lipinski definition) is 1. The van der Waals surface area contributed by atoms with E-state index < -0.39 is 30.3 Å². The van der Waals surface area contributed by atoms with Crippen molar-refractivity contribution in [3.05, 3.63) is 35.9 Å². The van der Waals surface area contributed by atoms with Crippen molar-refractivity contribution in [1.29, 1.82) is 0 Å². The molecule has 27 heavy (non-hydrogen) atoms. The average molecular weight is 382 g/mol. The van der Waals surface area contributed by atoms with Gasteiger partial charge < -0.3 is 9.84 Å². The van der Waals surface area contributed by atoms with Crippen LogP contribution in [0, 0.1) is 0 Å². The quantitative estimate of drug-likeness (QED) is 0.869. The van der Waals surface area contributed by atoms with Crippen LogP contribution >= 0.6 is 0 Å². The number of fused-ring (bicyclic) bond motifs is 2. The van der Waals surface area contributed by atoms with Crippen molar-refractivity contribution in [2.45, 2.75) is 76.4 Å². The SMILES string of the molecule is CC(C)(C)OC(=O)N1CC2CCC(C1C(O)C(F)F)N2Cc1ccccc1. The fourth-order valence-corrected chi connectivity index (χ4v) is 4.20. The third kappa shape index (κ3) is 4.41. The standard InChI is InChI=1S/C20H28F2N2O3/c1-20(2,3)27-19(26)24-12-14-9-10-15(16(24)17(25)18(21)22)23(14)11-13-7-5-4-6-8-13/h4-8,14-18,25H,9-12H2,1-3H3. The number of alkyl halides is 2. The van der Waals surface area contributed by atoms with Crippen molar-refractivity contribution in [1.82, 2.24) is 9.80 Å². The van der Waals surface area contributed by atoms with Gasteiger partial charge in [0.05, 0.1) is 6.04 Å². The Hall–Kier alpha value is -1.73. The monoisotopic (exact) mass is 382 g/mol. The molecule has 2 bridgehead atoms. The van der Waals surface area contributed by atoms with Gasteiger partial charge in [0.15, 0.2) is 0 Å². The second-order valence-corrected chi connectivity index (χ2v) is 8.40. The van der Waals surface area contributed by atoms with E-state index in [0.29, 0.717) is 13.0 Å². The molecule has 2 heterocycles. The van der Waals surface area contributed by atoms with Gasteiger partial charge in [-0.1, -0.05) is 30.3 Å². The topological polar surface area (TPSA) is 53.0 Å². The smallest absolute Gasteiger partial charge is 0.410 e. The lowest BCUT2D eigenvalue weighted by atomic mass is 9.96. The minimum absolute atomic E-state index is 0.0730. The van der Waals surface area contributed by atoms with Crippen molar-refractivity contribution in [3.63, 3.8) is 0 Å². The number of benzene rings is 1. The lowest BCUT2D eigenvalue weighted by Crippen LogP contribution is -2.65. The lowest BCUT2D eigenvalue weighted by Gasteiger charge is -2.48. The highest BCUT2D eigenvalue weighted by Crippen LogP contribution is 2.38. The maximum Gasteiger partial charge on any atom is 0.410 e. The number of ether oxygens (including phenoxy) is 1. The molecule has 4 atom stereocenters. The Bertz CT molecular complexity index is 650. The molecule has 0 aromatic heterocycles. The number of aliphatic hydroxyl groups is 1. The van der Waals surface area contributed by atoms with Crippen molar-refractivity contribution < 1.29 is 23.4 Å². The van der Waals surface area contributed by atoms with Gasteiger partial charge in [-0.25, -0.2) is 13.6 Å². The summed E-state index contributed by atoms with van der Waals surface area (Å²) in [5, 5.41) is 10.2. The molecule has 1 aromatic carbocycles. The van der Waals surface area contributed by atoms with E-state index in [2.05, 4.69) is 4.90 Å². The number of carbonyl (C=O) groups excluding carboxylic acids is 1. The molecule has 0 aliphatic carbocycles. The fraction of sp³-hybridized carbons (Fsp3) is 0.650. The number of rotatable bonds is 4. The molecule has 0 radical (unpaired) electrons. The van der Waals surface area contributed by atoms with E-state index in [9.17, 15) is 18.7 Å². The normalized spacial score (nSPS) is 27.1. The van der Waals surface area contributed by atoms with Crippen LogP contribution in [-0.2, 0) is 11.3 Å². The number of hydrogen-bond acceptors (Lipinski definition) is 4. The third-order valence-electron chi connectivity index (χ3n) is 5.30. The molecular weight excluding hydrogens is 354 g/mol. The van der Waals surface area contributed by atoms with Gasteiger partial charge in [0.25, 0.3) is 6.43 Å². The fourth-order valence-electron chi connectivity index (χ4n) is 4.20. The highest BCUT2D eigenvalue weighted by molar-refractivity contribution is 5.69. The van der Waals surface area contributed by atoms with Crippen LogP contribution in [0.25, 0.3) is 0 Å². The summed E-state index contributed by atoms with van der Waals surface area (Å²) < 4.78 is 32.3. The van der Waals surface area contributed by atoms with Crippen LogP contribution in [0.5, 0.6) is 0 Å². The molecule has 1 amide bonds. The molecule has 0 saturated carbocycles. The largest absolute Gasteiger partial charge is 0.444 e. The maximum atomic E-state index is 13.4. The Balaban J connectivity index is 1.85. The zero-order valence-corrected chi connectivity index (χ0v) is 16.0. The van der Waals surface area contributed by atoms with Crippen LogP contribution in [0.4, 0.5) is 13.6 Å². The molecule has 2 saturated heterocycles. The van der Waals surface area contributed by atoms with Crippen LogP contribution in [0.2, 0.25) is 0 Å².